The van der Waals surface area contributed by atoms with E-state index in [4.69, 9.17) is 9.15 Å². The third-order valence-electron chi connectivity index (χ3n) is 3.59. The number of aromatic nitrogens is 1. The van der Waals surface area contributed by atoms with Crippen molar-refractivity contribution in [3.8, 4) is 11.5 Å². The van der Waals surface area contributed by atoms with E-state index >= 15 is 0 Å². The molecule has 3 rings (SSSR count). The van der Waals surface area contributed by atoms with Crippen LogP contribution in [0.3, 0.4) is 0 Å². The molecule has 5 heteroatoms. The number of phenols is 1. The summed E-state index contributed by atoms with van der Waals surface area (Å²) in [5.41, 5.74) is 2.32. The summed E-state index contributed by atoms with van der Waals surface area (Å²) >= 11 is 0. The molecule has 0 aliphatic carbocycles. The molecule has 106 valence electrons. The summed E-state index contributed by atoms with van der Waals surface area (Å²) in [6, 6.07) is 0. The molecule has 0 saturated carbocycles. The molecule has 2 heterocycles. The number of hydrogen-bond acceptors (Lipinski definition) is 4. The van der Waals surface area contributed by atoms with Crippen LogP contribution in [0.4, 0.5) is 0 Å². The molecule has 1 aliphatic rings. The van der Waals surface area contributed by atoms with Crippen molar-refractivity contribution in [1.82, 2.24) is 4.57 Å². The van der Waals surface area contributed by atoms with E-state index in [2.05, 4.69) is 0 Å². The monoisotopic (exact) mass is 275 g/mol. The highest BCUT2D eigenvalue weighted by Gasteiger charge is 2.28. The Morgan fingerprint density at radius 3 is 2.80 bits per heavy atom. The van der Waals surface area contributed by atoms with Crippen LogP contribution in [0, 0.1) is 6.92 Å². The molecular formula is C15H17NO4. The van der Waals surface area contributed by atoms with Gasteiger partial charge in [0.2, 0.25) is 0 Å². The predicted molar refractivity (Wildman–Crippen MR) is 76.4 cm³/mol. The number of rotatable bonds is 2. The van der Waals surface area contributed by atoms with E-state index in [-0.39, 0.29) is 17.8 Å². The zero-order valence-electron chi connectivity index (χ0n) is 11.9. The number of phenolic OH excluding ortho intramolecular Hbond substituents is 1. The highest BCUT2D eigenvalue weighted by atomic mass is 16.5. The molecule has 5 nitrogen and oxygen atoms in total. The van der Waals surface area contributed by atoms with Gasteiger partial charge in [0.05, 0.1) is 6.10 Å². The van der Waals surface area contributed by atoms with E-state index in [0.29, 0.717) is 28.0 Å². The molecule has 0 saturated heterocycles. The Morgan fingerprint density at radius 1 is 1.45 bits per heavy atom. The average Bonchev–Trinajstić information content (AvgIpc) is 2.70. The van der Waals surface area contributed by atoms with Gasteiger partial charge in [0.25, 0.3) is 0 Å². The van der Waals surface area contributed by atoms with E-state index in [9.17, 15) is 9.90 Å². The zero-order valence-corrected chi connectivity index (χ0v) is 11.9. The van der Waals surface area contributed by atoms with E-state index in [1.54, 1.807) is 13.1 Å². The number of oxazole rings is 1. The van der Waals surface area contributed by atoms with Crippen molar-refractivity contribution < 1.29 is 14.3 Å². The molecule has 1 aromatic carbocycles. The summed E-state index contributed by atoms with van der Waals surface area (Å²) in [5, 5.41) is 10.5. The number of aromatic hydroxyl groups is 1. The van der Waals surface area contributed by atoms with Crippen LogP contribution in [0.1, 0.15) is 37.8 Å². The highest BCUT2D eigenvalue weighted by Crippen LogP contribution is 2.44. The Balaban J connectivity index is 2.47. The SMILES string of the molecule is Cc1c(O)c2c3c(oc(=O)n3C=CC2C)c1OC(C)C. The maximum atomic E-state index is 11.9. The van der Waals surface area contributed by atoms with Crippen LogP contribution in [-0.2, 0) is 0 Å². The van der Waals surface area contributed by atoms with E-state index < -0.39 is 5.76 Å². The second kappa shape index (κ2) is 4.16. The molecule has 0 amide bonds. The van der Waals surface area contributed by atoms with Crippen molar-refractivity contribution >= 4 is 17.3 Å². The van der Waals surface area contributed by atoms with Gasteiger partial charge in [-0.1, -0.05) is 13.0 Å². The van der Waals surface area contributed by atoms with Gasteiger partial charge in [0, 0.05) is 23.2 Å². The van der Waals surface area contributed by atoms with Crippen LogP contribution in [0.5, 0.6) is 11.5 Å². The van der Waals surface area contributed by atoms with Crippen molar-refractivity contribution in [2.75, 3.05) is 0 Å². The second-order valence-corrected chi connectivity index (χ2v) is 5.43. The normalized spacial score (nSPS) is 17.1. The topological polar surface area (TPSA) is 64.6 Å². The minimum atomic E-state index is -0.469. The van der Waals surface area contributed by atoms with Gasteiger partial charge in [-0.15, -0.1) is 0 Å². The van der Waals surface area contributed by atoms with Gasteiger partial charge >= 0.3 is 5.76 Å². The summed E-state index contributed by atoms with van der Waals surface area (Å²) in [7, 11) is 0. The average molecular weight is 275 g/mol. The lowest BCUT2D eigenvalue weighted by molar-refractivity contribution is 0.239. The van der Waals surface area contributed by atoms with E-state index in [0.717, 1.165) is 0 Å². The second-order valence-electron chi connectivity index (χ2n) is 5.43. The molecule has 1 aliphatic heterocycles. The first-order chi connectivity index (χ1) is 9.41. The minimum Gasteiger partial charge on any atom is -0.507 e. The van der Waals surface area contributed by atoms with Crippen molar-refractivity contribution in [2.24, 2.45) is 0 Å². The number of hydrogen-bond donors (Lipinski definition) is 1. The first kappa shape index (κ1) is 12.8. The Bertz CT molecular complexity index is 779. The van der Waals surface area contributed by atoms with Crippen LogP contribution >= 0.6 is 0 Å². The van der Waals surface area contributed by atoms with Gasteiger partial charge in [-0.25, -0.2) is 9.36 Å². The molecule has 0 spiro atoms. The Morgan fingerprint density at radius 2 is 2.15 bits per heavy atom. The lowest BCUT2D eigenvalue weighted by Crippen LogP contribution is -2.13. The zero-order chi connectivity index (χ0) is 14.6. The van der Waals surface area contributed by atoms with Gasteiger partial charge in [-0.2, -0.15) is 0 Å². The molecule has 2 aromatic rings. The number of allylic oxidation sites excluding steroid dienone is 1. The molecular weight excluding hydrogens is 258 g/mol. The predicted octanol–water partition coefficient (Wildman–Crippen LogP) is 2.98. The Hall–Kier alpha value is -2.17. The maximum absolute atomic E-state index is 11.9. The van der Waals surface area contributed by atoms with Gasteiger partial charge < -0.3 is 14.3 Å². The molecule has 0 fully saturated rings. The lowest BCUT2D eigenvalue weighted by Gasteiger charge is -2.20. The van der Waals surface area contributed by atoms with Crippen molar-refractivity contribution in [3.63, 3.8) is 0 Å². The quantitative estimate of drug-likeness (QED) is 0.915. The van der Waals surface area contributed by atoms with Gasteiger partial charge in [0.1, 0.15) is 11.3 Å². The minimum absolute atomic E-state index is 0.0151. The Kier molecular flexibility index (Phi) is 2.67. The largest absolute Gasteiger partial charge is 0.507 e. The smallest absolute Gasteiger partial charge is 0.424 e. The van der Waals surface area contributed by atoms with Crippen LogP contribution in [0.25, 0.3) is 17.3 Å². The molecule has 1 N–H and O–H groups in total. The first-order valence-corrected chi connectivity index (χ1v) is 6.67. The summed E-state index contributed by atoms with van der Waals surface area (Å²) in [6.07, 6.45) is 3.47. The van der Waals surface area contributed by atoms with Gasteiger partial charge in [-0.3, -0.25) is 0 Å². The molecule has 0 radical (unpaired) electrons. The molecule has 1 aromatic heterocycles. The van der Waals surface area contributed by atoms with Crippen LogP contribution in [0.2, 0.25) is 0 Å². The van der Waals surface area contributed by atoms with Crippen LogP contribution < -0.4 is 10.5 Å². The van der Waals surface area contributed by atoms with E-state index in [1.807, 2.05) is 26.8 Å². The summed E-state index contributed by atoms with van der Waals surface area (Å²) in [5.74, 6) is 0.151. The summed E-state index contributed by atoms with van der Waals surface area (Å²) in [6.45, 7) is 7.51. The highest BCUT2D eigenvalue weighted by molar-refractivity contribution is 5.90. The Labute approximate surface area is 116 Å². The number of ether oxygens (including phenoxy) is 1. The summed E-state index contributed by atoms with van der Waals surface area (Å²) < 4.78 is 12.5. The molecule has 20 heavy (non-hydrogen) atoms. The number of benzene rings is 1. The van der Waals surface area contributed by atoms with Crippen molar-refractivity contribution in [2.45, 2.75) is 39.7 Å². The standard InChI is InChI=1S/C15H17NO4/c1-7(2)19-13-9(4)12(17)10-8(3)5-6-16-11(10)14(13)20-15(16)18/h5-8,17H,1-4H3. The third kappa shape index (κ3) is 1.59. The fourth-order valence-electron chi connectivity index (χ4n) is 2.64. The maximum Gasteiger partial charge on any atom is 0.424 e. The fourth-order valence-corrected chi connectivity index (χ4v) is 2.64. The number of nitrogens with zero attached hydrogens (tertiary/aromatic N) is 1. The van der Waals surface area contributed by atoms with E-state index in [1.165, 1.54) is 4.57 Å². The summed E-state index contributed by atoms with van der Waals surface area (Å²) in [4.78, 5) is 11.9. The van der Waals surface area contributed by atoms with Crippen LogP contribution in [0.15, 0.2) is 15.3 Å². The van der Waals surface area contributed by atoms with Crippen molar-refractivity contribution in [3.05, 3.63) is 27.8 Å². The van der Waals surface area contributed by atoms with Gasteiger partial charge in [0.15, 0.2) is 11.3 Å². The molecule has 0 bridgehead atoms. The molecule has 1 atom stereocenters. The van der Waals surface area contributed by atoms with Gasteiger partial charge in [-0.05, 0) is 20.8 Å². The lowest BCUT2D eigenvalue weighted by atomic mass is 9.94. The van der Waals surface area contributed by atoms with Crippen molar-refractivity contribution in [1.29, 1.82) is 0 Å². The third-order valence-corrected chi connectivity index (χ3v) is 3.59. The first-order valence-electron chi connectivity index (χ1n) is 6.67. The van der Waals surface area contributed by atoms with Crippen LogP contribution in [-0.4, -0.2) is 15.8 Å². The molecule has 1 unspecified atom stereocenters. The fraction of sp³-hybridized carbons (Fsp3) is 0.400.